The van der Waals surface area contributed by atoms with Crippen molar-refractivity contribution < 1.29 is 0 Å². The van der Waals surface area contributed by atoms with Gasteiger partial charge in [-0.1, -0.05) is 158 Å². The lowest BCUT2D eigenvalue weighted by atomic mass is 9.91. The number of hydrogen-bond acceptors (Lipinski definition) is 2. The summed E-state index contributed by atoms with van der Waals surface area (Å²) in [5, 5.41) is 4.96. The topological polar surface area (TPSA) is 6.48 Å². The number of rotatable bonds is 6. The average Bonchev–Trinajstić information content (AvgIpc) is 3.55. The van der Waals surface area contributed by atoms with Crippen LogP contribution in [-0.2, 0) is 0 Å². The van der Waals surface area contributed by atoms with Gasteiger partial charge in [-0.05, 0) is 92.3 Å². The second kappa shape index (κ2) is 12.6. The van der Waals surface area contributed by atoms with Gasteiger partial charge in [0.05, 0.1) is 6.04 Å². The highest BCUT2D eigenvalue weighted by molar-refractivity contribution is 5.98. The van der Waals surface area contributed by atoms with E-state index in [1.54, 1.807) is 0 Å². The van der Waals surface area contributed by atoms with Crippen LogP contribution in [0.1, 0.15) is 11.5 Å². The van der Waals surface area contributed by atoms with E-state index in [1.807, 2.05) is 0 Å². The zero-order chi connectivity index (χ0) is 34.4. The van der Waals surface area contributed by atoms with Crippen LogP contribution in [0.25, 0.3) is 43.8 Å². The first-order chi connectivity index (χ1) is 25.8. The summed E-state index contributed by atoms with van der Waals surface area (Å²) in [6.45, 7) is 0. The lowest BCUT2D eigenvalue weighted by Gasteiger charge is -2.31. The lowest BCUT2D eigenvalue weighted by Crippen LogP contribution is -2.28. The Morgan fingerprint density at radius 2 is 1.06 bits per heavy atom. The van der Waals surface area contributed by atoms with E-state index in [1.165, 1.54) is 60.7 Å². The van der Waals surface area contributed by atoms with Gasteiger partial charge in [0.15, 0.2) is 0 Å². The molecule has 10 rings (SSSR count). The van der Waals surface area contributed by atoms with E-state index in [2.05, 4.69) is 216 Å². The predicted octanol–water partition coefficient (Wildman–Crippen LogP) is 13.5. The number of nitrogens with zero attached hydrogens (tertiary/aromatic N) is 2. The maximum absolute atomic E-state index is 2.53. The minimum absolute atomic E-state index is 0.250. The molecule has 2 nitrogen and oxygen atoms in total. The Kier molecular flexibility index (Phi) is 7.32. The molecular formula is C50H36N2. The molecule has 0 aromatic heterocycles. The molecule has 0 bridgehead atoms. The minimum atomic E-state index is 0.250. The number of anilines is 5. The quantitative estimate of drug-likeness (QED) is 0.175. The normalized spacial score (nSPS) is 15.9. The first-order valence-corrected chi connectivity index (χ1v) is 18.1. The van der Waals surface area contributed by atoms with E-state index in [9.17, 15) is 0 Å². The van der Waals surface area contributed by atoms with Gasteiger partial charge in [0.1, 0.15) is 0 Å². The summed E-state index contributed by atoms with van der Waals surface area (Å²) in [6.07, 6.45) is 9.06. The molecule has 0 amide bonds. The van der Waals surface area contributed by atoms with Crippen LogP contribution in [0.15, 0.2) is 206 Å². The molecule has 2 atom stereocenters. The third-order valence-electron chi connectivity index (χ3n) is 10.8. The van der Waals surface area contributed by atoms with Gasteiger partial charge in [-0.15, -0.1) is 0 Å². The maximum atomic E-state index is 2.53. The summed E-state index contributed by atoms with van der Waals surface area (Å²) < 4.78 is 0. The fourth-order valence-corrected chi connectivity index (χ4v) is 8.34. The lowest BCUT2D eigenvalue weighted by molar-refractivity contribution is 0.745. The molecule has 0 spiro atoms. The van der Waals surface area contributed by atoms with Crippen LogP contribution in [0.5, 0.6) is 0 Å². The van der Waals surface area contributed by atoms with Crippen LogP contribution in [-0.4, -0.2) is 6.04 Å². The molecule has 1 aliphatic heterocycles. The molecule has 1 aliphatic carbocycles. The number of benzene rings is 8. The third kappa shape index (κ3) is 5.11. The molecule has 0 saturated heterocycles. The summed E-state index contributed by atoms with van der Waals surface area (Å²) >= 11 is 0. The minimum Gasteiger partial charge on any atom is -0.333 e. The van der Waals surface area contributed by atoms with E-state index in [0.717, 1.165) is 17.1 Å². The smallest absolute Gasteiger partial charge is 0.0629 e. The Labute approximate surface area is 304 Å². The Balaban J connectivity index is 1.08. The van der Waals surface area contributed by atoms with Gasteiger partial charge in [-0.25, -0.2) is 0 Å². The van der Waals surface area contributed by atoms with Crippen LogP contribution in [0.4, 0.5) is 28.4 Å². The summed E-state index contributed by atoms with van der Waals surface area (Å²) in [6, 6.07) is 66.6. The van der Waals surface area contributed by atoms with Crippen molar-refractivity contribution in [3.05, 3.63) is 212 Å². The first-order valence-electron chi connectivity index (χ1n) is 18.1. The van der Waals surface area contributed by atoms with Crippen molar-refractivity contribution in [2.45, 2.75) is 12.0 Å². The number of fused-ring (bicyclic) bond motifs is 5. The van der Waals surface area contributed by atoms with E-state index >= 15 is 0 Å². The third-order valence-corrected chi connectivity index (χ3v) is 10.8. The molecule has 1 heterocycles. The van der Waals surface area contributed by atoms with Gasteiger partial charge < -0.3 is 9.80 Å². The van der Waals surface area contributed by atoms with Gasteiger partial charge in [0.2, 0.25) is 0 Å². The fourth-order valence-electron chi connectivity index (χ4n) is 8.34. The zero-order valence-electron chi connectivity index (χ0n) is 28.7. The van der Waals surface area contributed by atoms with Crippen LogP contribution in [0.3, 0.4) is 0 Å². The van der Waals surface area contributed by atoms with Crippen molar-refractivity contribution in [3.63, 3.8) is 0 Å². The SMILES string of the molecule is C1=CC2c3ccccc3N(c3ccccc3-c3ccc(N(c4cccc(-c5cccc6ccccc56)c4)c4ccc5ccccc5c4)cc3)C2C=C1. The largest absolute Gasteiger partial charge is 0.333 e. The van der Waals surface area contributed by atoms with E-state index < -0.39 is 0 Å². The van der Waals surface area contributed by atoms with Crippen molar-refractivity contribution in [2.75, 3.05) is 9.80 Å². The molecule has 8 aromatic rings. The van der Waals surface area contributed by atoms with Gasteiger partial charge >= 0.3 is 0 Å². The number of allylic oxidation sites excluding steroid dienone is 2. The fraction of sp³-hybridized carbons (Fsp3) is 0.0400. The van der Waals surface area contributed by atoms with E-state index in [4.69, 9.17) is 0 Å². The molecule has 0 saturated carbocycles. The molecule has 2 unspecified atom stereocenters. The Bertz CT molecular complexity index is 2660. The van der Waals surface area contributed by atoms with Crippen LogP contribution >= 0.6 is 0 Å². The second-order valence-corrected chi connectivity index (χ2v) is 13.7. The Morgan fingerprint density at radius 3 is 1.96 bits per heavy atom. The average molecular weight is 665 g/mol. The number of hydrogen-bond donors (Lipinski definition) is 0. The highest BCUT2D eigenvalue weighted by Crippen LogP contribution is 2.50. The van der Waals surface area contributed by atoms with Crippen molar-refractivity contribution in [1.82, 2.24) is 0 Å². The highest BCUT2D eigenvalue weighted by Gasteiger charge is 2.37. The summed E-state index contributed by atoms with van der Waals surface area (Å²) in [5.74, 6) is 0.344. The monoisotopic (exact) mass is 664 g/mol. The van der Waals surface area contributed by atoms with Gasteiger partial charge in [-0.3, -0.25) is 0 Å². The van der Waals surface area contributed by atoms with Crippen molar-refractivity contribution in [2.24, 2.45) is 0 Å². The van der Waals surface area contributed by atoms with Crippen LogP contribution in [0.2, 0.25) is 0 Å². The van der Waals surface area contributed by atoms with Gasteiger partial charge in [0, 0.05) is 39.9 Å². The van der Waals surface area contributed by atoms with Crippen molar-refractivity contribution >= 4 is 50.0 Å². The molecule has 0 fully saturated rings. The van der Waals surface area contributed by atoms with Gasteiger partial charge in [-0.2, -0.15) is 0 Å². The molecule has 2 aliphatic rings. The summed E-state index contributed by atoms with van der Waals surface area (Å²) in [4.78, 5) is 4.92. The molecule has 246 valence electrons. The molecular weight excluding hydrogens is 629 g/mol. The summed E-state index contributed by atoms with van der Waals surface area (Å²) in [5.41, 5.74) is 12.1. The Morgan fingerprint density at radius 1 is 0.404 bits per heavy atom. The maximum Gasteiger partial charge on any atom is 0.0629 e. The van der Waals surface area contributed by atoms with E-state index in [-0.39, 0.29) is 6.04 Å². The van der Waals surface area contributed by atoms with Gasteiger partial charge in [0.25, 0.3) is 0 Å². The van der Waals surface area contributed by atoms with Crippen molar-refractivity contribution in [3.8, 4) is 22.3 Å². The van der Waals surface area contributed by atoms with Crippen molar-refractivity contribution in [1.29, 1.82) is 0 Å². The predicted molar refractivity (Wildman–Crippen MR) is 220 cm³/mol. The molecule has 2 heteroatoms. The summed E-state index contributed by atoms with van der Waals surface area (Å²) in [7, 11) is 0. The van der Waals surface area contributed by atoms with Crippen LogP contribution in [0, 0.1) is 0 Å². The molecule has 52 heavy (non-hydrogen) atoms. The standard InChI is InChI=1S/C50H36N2/c1-2-15-38-33-42(32-27-35(38)13-1)51(41-18-11-17-39(34-41)44-23-12-16-36-14-3-4-19-43(36)44)40-30-28-37(29-31-40)45-20-5-8-24-48(45)52-49-25-9-6-21-46(49)47-22-7-10-26-50(47)52/h1-34,46,49H. The first kappa shape index (κ1) is 30.2. The van der Waals surface area contributed by atoms with E-state index in [0.29, 0.717) is 5.92 Å². The highest BCUT2D eigenvalue weighted by atomic mass is 15.2. The second-order valence-electron chi connectivity index (χ2n) is 13.7. The number of para-hydroxylation sites is 2. The molecule has 8 aromatic carbocycles. The molecule has 0 radical (unpaired) electrons. The van der Waals surface area contributed by atoms with Crippen LogP contribution < -0.4 is 9.80 Å². The molecule has 0 N–H and O–H groups in total. The zero-order valence-corrected chi connectivity index (χ0v) is 28.7. The Hall–Kier alpha value is -6.64.